The summed E-state index contributed by atoms with van der Waals surface area (Å²) in [6, 6.07) is 44.2. The van der Waals surface area contributed by atoms with E-state index < -0.39 is 11.7 Å². The molecule has 0 fully saturated rings. The first-order valence-corrected chi connectivity index (χ1v) is 18.4. The molecule has 7 heteroatoms. The maximum absolute atomic E-state index is 13.7. The molecule has 0 N–H and O–H groups in total. The lowest BCUT2D eigenvalue weighted by molar-refractivity contribution is -0.137. The molecule has 0 bridgehead atoms. The van der Waals surface area contributed by atoms with Gasteiger partial charge in [-0.1, -0.05) is 133 Å². The van der Waals surface area contributed by atoms with Gasteiger partial charge in [-0.3, -0.25) is 0 Å². The Balaban J connectivity index is 1.42. The van der Waals surface area contributed by atoms with Crippen molar-refractivity contribution in [2.75, 3.05) is 0 Å². The molecule has 0 aliphatic rings. The Morgan fingerprint density at radius 1 is 0.418 bits per heavy atom. The van der Waals surface area contributed by atoms with Crippen molar-refractivity contribution in [2.45, 2.75) is 58.5 Å². The molecular formula is C48H41F3N4. The highest BCUT2D eigenvalue weighted by Crippen LogP contribution is 2.41. The summed E-state index contributed by atoms with van der Waals surface area (Å²) in [4.78, 5) is 15.0. The summed E-state index contributed by atoms with van der Waals surface area (Å²) >= 11 is 0. The average molecular weight is 731 g/mol. The number of hydrogen-bond acceptors (Lipinski definition) is 3. The van der Waals surface area contributed by atoms with Gasteiger partial charge in [-0.2, -0.15) is 13.2 Å². The van der Waals surface area contributed by atoms with Crippen LogP contribution >= 0.6 is 0 Å². The maximum atomic E-state index is 13.7. The van der Waals surface area contributed by atoms with E-state index >= 15 is 0 Å². The molecule has 8 rings (SSSR count). The van der Waals surface area contributed by atoms with Crippen LogP contribution in [0.25, 0.3) is 72.8 Å². The van der Waals surface area contributed by atoms with Gasteiger partial charge in [-0.15, -0.1) is 0 Å². The minimum atomic E-state index is -4.45. The van der Waals surface area contributed by atoms with Crippen LogP contribution in [0, 0.1) is 0 Å². The number of aromatic nitrogens is 4. The van der Waals surface area contributed by atoms with Gasteiger partial charge < -0.3 is 4.57 Å². The molecule has 274 valence electrons. The number of alkyl halides is 3. The van der Waals surface area contributed by atoms with Crippen molar-refractivity contribution in [3.05, 3.63) is 156 Å². The van der Waals surface area contributed by atoms with Crippen LogP contribution in [0.5, 0.6) is 0 Å². The predicted molar refractivity (Wildman–Crippen MR) is 218 cm³/mol. The molecule has 8 aromatic rings. The molecule has 0 saturated carbocycles. The quantitative estimate of drug-likeness (QED) is 0.177. The number of rotatable bonds is 5. The molecule has 2 heterocycles. The van der Waals surface area contributed by atoms with Crippen molar-refractivity contribution in [1.82, 2.24) is 19.5 Å². The van der Waals surface area contributed by atoms with Crippen LogP contribution in [-0.2, 0) is 17.0 Å². The third-order valence-corrected chi connectivity index (χ3v) is 10.2. The fraction of sp³-hybridized carbons (Fsp3) is 0.188. The van der Waals surface area contributed by atoms with Crippen LogP contribution in [0.15, 0.2) is 140 Å². The Morgan fingerprint density at radius 2 is 0.873 bits per heavy atom. The van der Waals surface area contributed by atoms with E-state index in [-0.39, 0.29) is 10.8 Å². The fourth-order valence-corrected chi connectivity index (χ4v) is 7.11. The van der Waals surface area contributed by atoms with Crippen LogP contribution in [0.3, 0.4) is 0 Å². The third kappa shape index (κ3) is 6.91. The second-order valence-corrected chi connectivity index (χ2v) is 16.1. The minimum absolute atomic E-state index is 0.0493. The summed E-state index contributed by atoms with van der Waals surface area (Å²) < 4.78 is 43.3. The lowest BCUT2D eigenvalue weighted by atomic mass is 9.85. The van der Waals surface area contributed by atoms with E-state index in [1.54, 1.807) is 0 Å². The highest BCUT2D eigenvalue weighted by atomic mass is 19.4. The molecule has 6 aromatic carbocycles. The van der Waals surface area contributed by atoms with E-state index in [0.717, 1.165) is 50.8 Å². The van der Waals surface area contributed by atoms with Crippen molar-refractivity contribution in [2.24, 2.45) is 0 Å². The molecule has 0 atom stereocenters. The third-order valence-electron chi connectivity index (χ3n) is 10.2. The molecule has 0 radical (unpaired) electrons. The Morgan fingerprint density at radius 3 is 1.33 bits per heavy atom. The Labute approximate surface area is 319 Å². The van der Waals surface area contributed by atoms with Gasteiger partial charge >= 0.3 is 6.18 Å². The normalized spacial score (nSPS) is 12.5. The highest BCUT2D eigenvalue weighted by Gasteiger charge is 2.30. The molecule has 0 spiro atoms. The number of halogens is 3. The van der Waals surface area contributed by atoms with Crippen LogP contribution in [-0.4, -0.2) is 19.5 Å². The number of nitrogens with zero attached hydrogens (tertiary/aromatic N) is 4. The highest BCUT2D eigenvalue weighted by molar-refractivity contribution is 6.10. The van der Waals surface area contributed by atoms with Crippen molar-refractivity contribution in [3.8, 4) is 51.0 Å². The van der Waals surface area contributed by atoms with E-state index in [1.165, 1.54) is 23.3 Å². The van der Waals surface area contributed by atoms with Gasteiger partial charge in [0.1, 0.15) is 0 Å². The summed E-state index contributed by atoms with van der Waals surface area (Å²) in [6.07, 6.45) is -4.45. The fourth-order valence-electron chi connectivity index (χ4n) is 7.11. The molecule has 0 aliphatic heterocycles. The zero-order chi connectivity index (χ0) is 38.7. The first-order valence-electron chi connectivity index (χ1n) is 18.4. The van der Waals surface area contributed by atoms with Gasteiger partial charge in [0, 0.05) is 33.2 Å². The van der Waals surface area contributed by atoms with Crippen molar-refractivity contribution < 1.29 is 13.2 Å². The lowest BCUT2D eigenvalue weighted by Crippen LogP contribution is -2.10. The van der Waals surface area contributed by atoms with Crippen molar-refractivity contribution in [3.63, 3.8) is 0 Å². The Kier molecular flexibility index (Phi) is 8.71. The van der Waals surface area contributed by atoms with Crippen molar-refractivity contribution >= 4 is 21.8 Å². The van der Waals surface area contributed by atoms with Crippen LogP contribution < -0.4 is 0 Å². The molecule has 0 saturated heterocycles. The molecule has 0 aliphatic carbocycles. The Bertz CT molecular complexity index is 2550. The largest absolute Gasteiger partial charge is 0.416 e. The van der Waals surface area contributed by atoms with E-state index in [1.807, 2.05) is 72.8 Å². The van der Waals surface area contributed by atoms with E-state index in [2.05, 4.69) is 88.6 Å². The monoisotopic (exact) mass is 730 g/mol. The number of hydrogen-bond donors (Lipinski definition) is 0. The molecular weight excluding hydrogens is 690 g/mol. The van der Waals surface area contributed by atoms with Gasteiger partial charge in [0.2, 0.25) is 0 Å². The van der Waals surface area contributed by atoms with E-state index in [0.29, 0.717) is 34.2 Å². The SMILES string of the molecule is CC(C)(C)c1ccc2c(c1)c1cc(C(C)(C)C)ccc1n2-c1ccc(-c2ccc(C(F)(F)F)cc2)c(-c2nc(-c3ccccc3)nc(-c3ccccc3)n2)c1. The summed E-state index contributed by atoms with van der Waals surface area (Å²) in [5.41, 5.74) is 8.28. The van der Waals surface area contributed by atoms with Crippen LogP contribution in [0.2, 0.25) is 0 Å². The summed E-state index contributed by atoms with van der Waals surface area (Å²) in [7, 11) is 0. The Hall–Kier alpha value is -6.08. The molecule has 0 unspecified atom stereocenters. The van der Waals surface area contributed by atoms with Gasteiger partial charge in [0.25, 0.3) is 0 Å². The van der Waals surface area contributed by atoms with E-state index in [9.17, 15) is 13.2 Å². The molecule has 55 heavy (non-hydrogen) atoms. The minimum Gasteiger partial charge on any atom is -0.309 e. The van der Waals surface area contributed by atoms with Crippen LogP contribution in [0.1, 0.15) is 58.2 Å². The van der Waals surface area contributed by atoms with Crippen LogP contribution in [0.4, 0.5) is 13.2 Å². The topological polar surface area (TPSA) is 43.6 Å². The van der Waals surface area contributed by atoms with E-state index in [4.69, 9.17) is 15.0 Å². The lowest BCUT2D eigenvalue weighted by Gasteiger charge is -2.19. The van der Waals surface area contributed by atoms with Gasteiger partial charge in [-0.05, 0) is 81.6 Å². The van der Waals surface area contributed by atoms with Crippen molar-refractivity contribution in [1.29, 1.82) is 0 Å². The summed E-state index contributed by atoms with van der Waals surface area (Å²) in [6.45, 7) is 13.3. The van der Waals surface area contributed by atoms with Gasteiger partial charge in [-0.25, -0.2) is 15.0 Å². The predicted octanol–water partition coefficient (Wildman–Crippen LogP) is 13.3. The first kappa shape index (κ1) is 35.9. The molecule has 0 amide bonds. The zero-order valence-corrected chi connectivity index (χ0v) is 31.7. The second kappa shape index (κ2) is 13.3. The summed E-state index contributed by atoms with van der Waals surface area (Å²) in [5, 5.41) is 2.31. The number of benzene rings is 6. The smallest absolute Gasteiger partial charge is 0.309 e. The average Bonchev–Trinajstić information content (AvgIpc) is 3.50. The standard InChI is InChI=1S/C48H41F3N4/c1-46(2,3)34-21-25-41-38(27-34)39-28-35(47(4,5)6)22-26-42(39)55(41)36-23-24-37(30-17-19-33(20-18-30)48(49,50)51)40(29-36)45-53-43(31-13-9-7-10-14-31)52-44(54-45)32-15-11-8-12-16-32/h7-29H,1-6H3. The second-order valence-electron chi connectivity index (χ2n) is 16.1. The zero-order valence-electron chi connectivity index (χ0n) is 31.7. The molecule has 4 nitrogen and oxygen atoms in total. The van der Waals surface area contributed by atoms with Gasteiger partial charge in [0.05, 0.1) is 16.6 Å². The first-order chi connectivity index (χ1) is 26.1. The number of fused-ring (bicyclic) bond motifs is 3. The molecule has 2 aromatic heterocycles. The van der Waals surface area contributed by atoms with Gasteiger partial charge in [0.15, 0.2) is 17.5 Å². The maximum Gasteiger partial charge on any atom is 0.416 e. The summed E-state index contributed by atoms with van der Waals surface area (Å²) in [5.74, 6) is 1.40.